The average molecular weight is 348 g/mol. The van der Waals surface area contributed by atoms with Gasteiger partial charge in [0.25, 0.3) is 0 Å². The van der Waals surface area contributed by atoms with Gasteiger partial charge >= 0.3 is 0 Å². The molecule has 2 radical (unpaired) electrons. The van der Waals surface area contributed by atoms with E-state index >= 15 is 0 Å². The molecule has 0 fully saturated rings. The van der Waals surface area contributed by atoms with Crippen LogP contribution in [0.5, 0.6) is 11.5 Å². The Morgan fingerprint density at radius 1 is 1.35 bits per heavy atom. The molecule has 26 heavy (non-hydrogen) atoms. The largest absolute Gasteiger partial charge is 0.507 e. The normalized spacial score (nSPS) is 11.3. The molecule has 0 aliphatic heterocycles. The van der Waals surface area contributed by atoms with Crippen molar-refractivity contribution in [3.8, 4) is 22.9 Å². The summed E-state index contributed by atoms with van der Waals surface area (Å²) in [5, 5.41) is 14.0. The molecule has 1 N–H and O–H groups in total. The van der Waals surface area contributed by atoms with Gasteiger partial charge in [-0.25, -0.2) is 9.97 Å². The molecule has 0 amide bonds. The zero-order valence-electron chi connectivity index (χ0n) is 14.5. The zero-order chi connectivity index (χ0) is 18.7. The lowest BCUT2D eigenvalue weighted by Crippen LogP contribution is -2.28. The molecule has 0 aliphatic carbocycles. The van der Waals surface area contributed by atoms with Crippen molar-refractivity contribution in [2.24, 2.45) is 0 Å². The van der Waals surface area contributed by atoms with E-state index in [0.29, 0.717) is 17.5 Å². The van der Waals surface area contributed by atoms with Crippen LogP contribution >= 0.6 is 0 Å². The lowest BCUT2D eigenvalue weighted by molar-refractivity contribution is 0.111. The molecule has 0 saturated heterocycles. The van der Waals surface area contributed by atoms with Gasteiger partial charge in [-0.2, -0.15) is 5.10 Å². The van der Waals surface area contributed by atoms with Crippen LogP contribution in [0.3, 0.4) is 0 Å². The Morgan fingerprint density at radius 3 is 2.88 bits per heavy atom. The Bertz CT molecular complexity index is 934. The predicted molar refractivity (Wildman–Crippen MR) is 96.2 cm³/mol. The minimum atomic E-state index is -0.710. The summed E-state index contributed by atoms with van der Waals surface area (Å²) in [7, 11) is 6.17. The number of carbonyl (C=O) groups is 1. The number of aromatic nitrogens is 4. The summed E-state index contributed by atoms with van der Waals surface area (Å²) in [6.07, 6.45) is 5.27. The average Bonchev–Trinajstić information content (AvgIpc) is 3.10. The van der Waals surface area contributed by atoms with E-state index in [1.54, 1.807) is 29.2 Å². The standard InChI is InChI=1S/C18H17BN4O3/c1-18(2,19)23-14(6-7-22-23)17-12(8-20-11-21-17)10-26-16-5-3-4-15(25)13(16)9-24/h3-9,11,25H,10H2,1-2H3. The van der Waals surface area contributed by atoms with Gasteiger partial charge in [0.1, 0.15) is 32.3 Å². The molecule has 0 spiro atoms. The zero-order valence-corrected chi connectivity index (χ0v) is 14.5. The Morgan fingerprint density at radius 2 is 2.15 bits per heavy atom. The third-order valence-electron chi connectivity index (χ3n) is 3.76. The highest BCUT2D eigenvalue weighted by atomic mass is 16.5. The first kappa shape index (κ1) is 17.7. The minimum absolute atomic E-state index is 0.0963. The maximum absolute atomic E-state index is 11.2. The van der Waals surface area contributed by atoms with Crippen LogP contribution in [-0.2, 0) is 12.0 Å². The van der Waals surface area contributed by atoms with Gasteiger partial charge in [0.15, 0.2) is 6.29 Å². The molecule has 0 atom stereocenters. The van der Waals surface area contributed by atoms with Crippen LogP contribution < -0.4 is 4.74 Å². The highest BCUT2D eigenvalue weighted by molar-refractivity contribution is 6.13. The van der Waals surface area contributed by atoms with Crippen molar-refractivity contribution >= 4 is 14.1 Å². The van der Waals surface area contributed by atoms with Crippen molar-refractivity contribution in [3.05, 3.63) is 54.1 Å². The number of phenols is 1. The number of carbonyl (C=O) groups excluding carboxylic acids is 1. The fraction of sp³-hybridized carbons (Fsp3) is 0.222. The fourth-order valence-electron chi connectivity index (χ4n) is 2.57. The third-order valence-corrected chi connectivity index (χ3v) is 3.76. The van der Waals surface area contributed by atoms with Crippen molar-refractivity contribution < 1.29 is 14.6 Å². The number of benzene rings is 1. The number of phenolic OH excluding ortho intramolecular Hbond substituents is 1. The number of rotatable bonds is 6. The quantitative estimate of drug-likeness (QED) is 0.543. The van der Waals surface area contributed by atoms with Crippen LogP contribution in [0.4, 0.5) is 0 Å². The SMILES string of the molecule is [B]C(C)(C)n1nccc1-c1ncncc1COc1cccc(O)c1C=O. The van der Waals surface area contributed by atoms with Gasteiger partial charge in [0.05, 0.1) is 17.0 Å². The number of ether oxygens (including phenoxy) is 1. The number of aromatic hydroxyl groups is 1. The molecule has 7 nitrogen and oxygen atoms in total. The van der Waals surface area contributed by atoms with E-state index in [1.165, 1.54) is 12.4 Å². The molecule has 3 rings (SSSR count). The Kier molecular flexibility index (Phi) is 4.75. The second-order valence-corrected chi connectivity index (χ2v) is 6.27. The van der Waals surface area contributed by atoms with Crippen LogP contribution in [0.25, 0.3) is 11.4 Å². The highest BCUT2D eigenvalue weighted by Crippen LogP contribution is 2.28. The predicted octanol–water partition coefficient (Wildman–Crippen LogP) is 2.30. The number of hydrogen-bond donors (Lipinski definition) is 1. The molecule has 1 aromatic carbocycles. The Hall–Kier alpha value is -3.16. The van der Waals surface area contributed by atoms with Crippen molar-refractivity contribution in [2.45, 2.75) is 25.9 Å². The van der Waals surface area contributed by atoms with E-state index in [1.807, 2.05) is 19.9 Å². The van der Waals surface area contributed by atoms with Gasteiger partial charge in [-0.1, -0.05) is 6.07 Å². The van der Waals surface area contributed by atoms with Gasteiger partial charge in [-0.05, 0) is 32.0 Å². The van der Waals surface area contributed by atoms with Gasteiger partial charge < -0.3 is 9.84 Å². The maximum atomic E-state index is 11.2. The molecule has 0 saturated carbocycles. The first-order valence-electron chi connectivity index (χ1n) is 7.94. The van der Waals surface area contributed by atoms with E-state index in [2.05, 4.69) is 15.1 Å². The molecule has 0 bridgehead atoms. The van der Waals surface area contributed by atoms with E-state index in [9.17, 15) is 9.90 Å². The van der Waals surface area contributed by atoms with Crippen LogP contribution in [0.2, 0.25) is 0 Å². The van der Waals surface area contributed by atoms with Crippen LogP contribution in [-0.4, -0.2) is 39.0 Å². The number of aldehydes is 1. The minimum Gasteiger partial charge on any atom is -0.507 e. The van der Waals surface area contributed by atoms with Crippen molar-refractivity contribution in [1.29, 1.82) is 0 Å². The number of hydrogen-bond acceptors (Lipinski definition) is 6. The summed E-state index contributed by atoms with van der Waals surface area (Å²) in [5.74, 6) is 0.146. The van der Waals surface area contributed by atoms with E-state index in [0.717, 1.165) is 5.69 Å². The van der Waals surface area contributed by atoms with Crippen LogP contribution in [0.1, 0.15) is 29.8 Å². The summed E-state index contributed by atoms with van der Waals surface area (Å²) < 4.78 is 7.40. The van der Waals surface area contributed by atoms with Crippen molar-refractivity contribution in [2.75, 3.05) is 0 Å². The molecule has 130 valence electrons. The molecule has 2 aromatic heterocycles. The van der Waals surface area contributed by atoms with Crippen LogP contribution in [0.15, 0.2) is 43.0 Å². The van der Waals surface area contributed by atoms with Crippen molar-refractivity contribution in [3.63, 3.8) is 0 Å². The third kappa shape index (κ3) is 3.44. The molecule has 0 aliphatic rings. The fourth-order valence-corrected chi connectivity index (χ4v) is 2.57. The molecule has 0 unspecified atom stereocenters. The first-order chi connectivity index (χ1) is 12.4. The topological polar surface area (TPSA) is 90.1 Å². The maximum Gasteiger partial charge on any atom is 0.157 e. The monoisotopic (exact) mass is 348 g/mol. The van der Waals surface area contributed by atoms with Gasteiger partial charge in [0, 0.05) is 23.4 Å². The molecular weight excluding hydrogens is 331 g/mol. The summed E-state index contributed by atoms with van der Waals surface area (Å²) in [6.45, 7) is 3.78. The number of nitrogens with zero attached hydrogens (tertiary/aromatic N) is 4. The highest BCUT2D eigenvalue weighted by Gasteiger charge is 2.20. The lowest BCUT2D eigenvalue weighted by Gasteiger charge is -2.23. The second kappa shape index (κ2) is 6.99. The van der Waals surface area contributed by atoms with Gasteiger partial charge in [-0.15, -0.1) is 0 Å². The Balaban J connectivity index is 1.94. The van der Waals surface area contributed by atoms with E-state index in [-0.39, 0.29) is 23.7 Å². The van der Waals surface area contributed by atoms with Gasteiger partial charge in [0.2, 0.25) is 0 Å². The molecule has 8 heteroatoms. The van der Waals surface area contributed by atoms with Gasteiger partial charge in [-0.3, -0.25) is 9.48 Å². The Labute approximate surface area is 152 Å². The second-order valence-electron chi connectivity index (χ2n) is 6.27. The smallest absolute Gasteiger partial charge is 0.157 e. The van der Waals surface area contributed by atoms with Crippen LogP contribution in [0, 0.1) is 0 Å². The first-order valence-corrected chi connectivity index (χ1v) is 7.94. The summed E-state index contributed by atoms with van der Waals surface area (Å²) in [4.78, 5) is 19.6. The van der Waals surface area contributed by atoms with Crippen molar-refractivity contribution in [1.82, 2.24) is 19.7 Å². The van der Waals surface area contributed by atoms with E-state index < -0.39 is 5.44 Å². The summed E-state index contributed by atoms with van der Waals surface area (Å²) in [6, 6.07) is 6.45. The molecule has 2 heterocycles. The summed E-state index contributed by atoms with van der Waals surface area (Å²) in [5.41, 5.74) is 1.43. The lowest BCUT2D eigenvalue weighted by atomic mass is 9.81. The van der Waals surface area contributed by atoms with E-state index in [4.69, 9.17) is 12.6 Å². The molecule has 3 aromatic rings. The summed E-state index contributed by atoms with van der Waals surface area (Å²) >= 11 is 0. The molecular formula is C18H17BN4O3.